The predicted octanol–water partition coefficient (Wildman–Crippen LogP) is 5.63. The number of hydrogen-bond donors (Lipinski definition) is 0. The van der Waals surface area contributed by atoms with Crippen LogP contribution in [0.1, 0.15) is 17.7 Å². The number of benzene rings is 3. The van der Waals surface area contributed by atoms with Crippen molar-refractivity contribution in [2.75, 3.05) is 0 Å². The molecule has 0 fully saturated rings. The van der Waals surface area contributed by atoms with E-state index in [0.29, 0.717) is 0 Å². The Kier molecular flexibility index (Phi) is 5.25. The molecule has 141 valence electrons. The molecule has 4 heteroatoms. The zero-order chi connectivity index (χ0) is 18.2. The van der Waals surface area contributed by atoms with Crippen LogP contribution >= 0.6 is 0 Å². The first-order chi connectivity index (χ1) is 13.3. The summed E-state index contributed by atoms with van der Waals surface area (Å²) in [5.74, 6) is 0.534. The molecular formula is C24H18FIrN2-. The molecule has 28 heavy (non-hydrogen) atoms. The topological polar surface area (TPSA) is 17.8 Å². The molecule has 1 aliphatic rings. The molecule has 0 spiro atoms. The first-order valence-electron chi connectivity index (χ1n) is 9.23. The van der Waals surface area contributed by atoms with E-state index in [4.69, 9.17) is 0 Å². The largest absolute Gasteiger partial charge is 0.337 e. The van der Waals surface area contributed by atoms with Crippen LogP contribution in [0.3, 0.4) is 0 Å². The van der Waals surface area contributed by atoms with Gasteiger partial charge in [-0.15, -0.1) is 29.8 Å². The van der Waals surface area contributed by atoms with Gasteiger partial charge in [0.2, 0.25) is 0 Å². The van der Waals surface area contributed by atoms with Crippen LogP contribution < -0.4 is 0 Å². The molecule has 1 radical (unpaired) electrons. The quantitative estimate of drug-likeness (QED) is 0.299. The van der Waals surface area contributed by atoms with Gasteiger partial charge < -0.3 is 4.57 Å². The van der Waals surface area contributed by atoms with Crippen molar-refractivity contribution >= 4 is 0 Å². The van der Waals surface area contributed by atoms with E-state index in [-0.39, 0.29) is 25.9 Å². The number of rotatable bonds is 2. The summed E-state index contributed by atoms with van der Waals surface area (Å²) >= 11 is 0. The van der Waals surface area contributed by atoms with Crippen LogP contribution in [0, 0.1) is 11.9 Å². The van der Waals surface area contributed by atoms with E-state index >= 15 is 0 Å². The molecule has 5 rings (SSSR count). The zero-order valence-electron chi connectivity index (χ0n) is 15.2. The fraction of sp³-hybridized carbons (Fsp3) is 0.125. The van der Waals surface area contributed by atoms with Crippen molar-refractivity contribution < 1.29 is 24.5 Å². The second-order valence-corrected chi connectivity index (χ2v) is 6.85. The van der Waals surface area contributed by atoms with E-state index in [1.54, 1.807) is 6.07 Å². The molecule has 0 bridgehead atoms. The van der Waals surface area contributed by atoms with Crippen molar-refractivity contribution in [3.63, 3.8) is 0 Å². The van der Waals surface area contributed by atoms with Crippen LogP contribution in [0.5, 0.6) is 0 Å². The van der Waals surface area contributed by atoms with Crippen LogP contribution in [-0.2, 0) is 32.9 Å². The van der Waals surface area contributed by atoms with Gasteiger partial charge in [0.15, 0.2) is 0 Å². The second kappa shape index (κ2) is 7.83. The Balaban J connectivity index is 0.00000192. The Bertz CT molecular complexity index is 1100. The number of aryl methyl sites for hydroxylation is 1. The summed E-state index contributed by atoms with van der Waals surface area (Å²) in [6.45, 7) is 0. The van der Waals surface area contributed by atoms with E-state index in [1.165, 1.54) is 34.5 Å². The summed E-state index contributed by atoms with van der Waals surface area (Å²) in [6, 6.07) is 24.6. The standard InChI is InChI=1S/C24H18FN2.Ir/c25-19-14-12-18(13-15-19)24-26-16-20-8-4-10-22-21(17-6-2-1-3-7-17)9-5-11-23(22)27(20)24;/h1-3,5-7,9,11-12,14-16H,4,8,10H2;/q-1;. The van der Waals surface area contributed by atoms with E-state index < -0.39 is 0 Å². The number of imidazole rings is 1. The first kappa shape index (κ1) is 18.8. The van der Waals surface area contributed by atoms with Gasteiger partial charge in [0.05, 0.1) is 5.82 Å². The molecule has 0 atom stereocenters. The normalized spacial score (nSPS) is 12.5. The molecule has 0 amide bonds. The Morgan fingerprint density at radius 3 is 2.57 bits per heavy atom. The van der Waals surface area contributed by atoms with Gasteiger partial charge in [-0.2, -0.15) is 0 Å². The van der Waals surface area contributed by atoms with Gasteiger partial charge in [-0.1, -0.05) is 42.5 Å². The summed E-state index contributed by atoms with van der Waals surface area (Å²) in [7, 11) is 0. The smallest absolute Gasteiger partial charge is 0.0605 e. The molecule has 4 aromatic rings. The molecule has 1 aromatic heterocycles. The maximum absolute atomic E-state index is 13.4. The third-order valence-electron chi connectivity index (χ3n) is 5.19. The van der Waals surface area contributed by atoms with Crippen molar-refractivity contribution in [2.24, 2.45) is 0 Å². The number of fused-ring (bicyclic) bond motifs is 3. The van der Waals surface area contributed by atoms with Crippen molar-refractivity contribution in [1.29, 1.82) is 0 Å². The van der Waals surface area contributed by atoms with Gasteiger partial charge in [-0.05, 0) is 42.0 Å². The SMILES string of the molecule is Fc1c[c-]c(-c2ncc3n2-c2cccc(-c4ccccc4)c2CCC3)cc1.[Ir]. The van der Waals surface area contributed by atoms with E-state index in [9.17, 15) is 4.39 Å². The van der Waals surface area contributed by atoms with Crippen molar-refractivity contribution in [1.82, 2.24) is 9.55 Å². The first-order valence-corrected chi connectivity index (χ1v) is 9.23. The van der Waals surface area contributed by atoms with Crippen molar-refractivity contribution in [3.05, 3.63) is 96.1 Å². The summed E-state index contributed by atoms with van der Waals surface area (Å²) in [5, 5.41) is 0. The molecule has 2 nitrogen and oxygen atoms in total. The van der Waals surface area contributed by atoms with Crippen LogP contribution in [0.2, 0.25) is 0 Å². The van der Waals surface area contributed by atoms with Gasteiger partial charge in [0, 0.05) is 43.5 Å². The Morgan fingerprint density at radius 2 is 1.79 bits per heavy atom. The van der Waals surface area contributed by atoms with Crippen LogP contribution in [-0.4, -0.2) is 9.55 Å². The average Bonchev–Trinajstić information content (AvgIpc) is 3.04. The number of nitrogens with zero attached hydrogens (tertiary/aromatic N) is 2. The molecule has 0 N–H and O–H groups in total. The summed E-state index contributed by atoms with van der Waals surface area (Å²) in [4.78, 5) is 4.65. The molecule has 0 aliphatic carbocycles. The van der Waals surface area contributed by atoms with Gasteiger partial charge in [0.25, 0.3) is 0 Å². The van der Waals surface area contributed by atoms with Crippen LogP contribution in [0.25, 0.3) is 28.2 Å². The molecule has 0 saturated carbocycles. The average molecular weight is 546 g/mol. The van der Waals surface area contributed by atoms with Gasteiger partial charge in [-0.3, -0.25) is 9.37 Å². The third kappa shape index (κ3) is 3.23. The number of hydrogen-bond acceptors (Lipinski definition) is 1. The Morgan fingerprint density at radius 1 is 0.929 bits per heavy atom. The minimum atomic E-state index is -0.284. The molecule has 3 aromatic carbocycles. The van der Waals surface area contributed by atoms with E-state index in [2.05, 4.69) is 58.1 Å². The maximum atomic E-state index is 13.4. The van der Waals surface area contributed by atoms with Gasteiger partial charge in [0.1, 0.15) is 0 Å². The molecule has 0 saturated heterocycles. The summed E-state index contributed by atoms with van der Waals surface area (Å²) < 4.78 is 15.6. The predicted molar refractivity (Wildman–Crippen MR) is 105 cm³/mol. The molecule has 2 heterocycles. The minimum Gasteiger partial charge on any atom is -0.337 e. The minimum absolute atomic E-state index is 0. The zero-order valence-corrected chi connectivity index (χ0v) is 17.6. The van der Waals surface area contributed by atoms with Crippen LogP contribution in [0.4, 0.5) is 4.39 Å². The van der Waals surface area contributed by atoms with Gasteiger partial charge in [-0.25, -0.2) is 0 Å². The monoisotopic (exact) mass is 546 g/mol. The van der Waals surface area contributed by atoms with Crippen LogP contribution in [0.15, 0.2) is 72.9 Å². The summed E-state index contributed by atoms with van der Waals surface area (Å²) in [5.41, 5.74) is 6.99. The van der Waals surface area contributed by atoms with Crippen molar-refractivity contribution in [3.8, 4) is 28.2 Å². The number of halogens is 1. The van der Waals surface area contributed by atoms with Gasteiger partial charge >= 0.3 is 0 Å². The molecule has 1 aliphatic heterocycles. The number of aromatic nitrogens is 2. The Labute approximate surface area is 177 Å². The Hall–Kier alpha value is -2.55. The fourth-order valence-electron chi connectivity index (χ4n) is 3.95. The second-order valence-electron chi connectivity index (χ2n) is 6.85. The maximum Gasteiger partial charge on any atom is 0.0605 e. The van der Waals surface area contributed by atoms with Crippen molar-refractivity contribution in [2.45, 2.75) is 19.3 Å². The molecular weight excluding hydrogens is 527 g/mol. The summed E-state index contributed by atoms with van der Waals surface area (Å²) in [6.07, 6.45) is 5.01. The molecule has 0 unspecified atom stereocenters. The fourth-order valence-corrected chi connectivity index (χ4v) is 3.95. The van der Waals surface area contributed by atoms with E-state index in [1.807, 2.05) is 12.3 Å². The van der Waals surface area contributed by atoms with E-state index in [0.717, 1.165) is 36.3 Å². The third-order valence-corrected chi connectivity index (χ3v) is 5.19.